The Bertz CT molecular complexity index is 589. The zero-order valence-electron chi connectivity index (χ0n) is 11.7. The number of hydrogen-bond donors (Lipinski definition) is 0. The molecule has 0 saturated carbocycles. The predicted molar refractivity (Wildman–Crippen MR) is 76.8 cm³/mol. The number of nitrogens with zero attached hydrogens (tertiary/aromatic N) is 1. The lowest BCUT2D eigenvalue weighted by Crippen LogP contribution is -2.42. The lowest BCUT2D eigenvalue weighted by Gasteiger charge is -2.31. The van der Waals surface area contributed by atoms with Crippen LogP contribution in [0, 0.1) is 0 Å². The van der Waals surface area contributed by atoms with Gasteiger partial charge in [-0.3, -0.25) is 4.79 Å². The third-order valence-corrected chi connectivity index (χ3v) is 5.35. The van der Waals surface area contributed by atoms with E-state index in [0.717, 1.165) is 0 Å². The molecule has 0 aromatic heterocycles. The molecule has 1 heterocycles. The van der Waals surface area contributed by atoms with Crippen LogP contribution in [0.2, 0.25) is 0 Å². The maximum absolute atomic E-state index is 12.4. The Morgan fingerprint density at radius 2 is 1.85 bits per heavy atom. The van der Waals surface area contributed by atoms with Crippen LogP contribution < -0.4 is 4.74 Å². The fourth-order valence-corrected chi connectivity index (χ4v) is 3.55. The molecule has 1 aliphatic rings. The van der Waals surface area contributed by atoms with Crippen molar-refractivity contribution >= 4 is 15.7 Å². The summed E-state index contributed by atoms with van der Waals surface area (Å²) in [6.07, 6.45) is 2.26. The molecule has 20 heavy (non-hydrogen) atoms. The Labute approximate surface area is 119 Å². The van der Waals surface area contributed by atoms with Gasteiger partial charge in [-0.2, -0.15) is 0 Å². The van der Waals surface area contributed by atoms with Crippen molar-refractivity contribution < 1.29 is 17.9 Å². The normalized spacial score (nSPS) is 17.0. The van der Waals surface area contributed by atoms with E-state index in [1.165, 1.54) is 13.4 Å². The van der Waals surface area contributed by atoms with E-state index < -0.39 is 9.84 Å². The predicted octanol–water partition coefficient (Wildman–Crippen LogP) is 1.34. The first-order valence-electron chi connectivity index (χ1n) is 6.54. The van der Waals surface area contributed by atoms with Crippen molar-refractivity contribution in [2.45, 2.75) is 18.1 Å². The number of para-hydroxylation sites is 1. The Hall–Kier alpha value is -1.56. The van der Waals surface area contributed by atoms with Gasteiger partial charge in [-0.15, -0.1) is 0 Å². The molecule has 1 saturated heterocycles. The molecule has 0 atom stereocenters. The number of hydrogen-bond acceptors (Lipinski definition) is 4. The molecule has 1 aliphatic heterocycles. The van der Waals surface area contributed by atoms with E-state index in [9.17, 15) is 13.2 Å². The number of carbonyl (C=O) groups is 1. The van der Waals surface area contributed by atoms with Gasteiger partial charge in [0.25, 0.3) is 5.91 Å². The van der Waals surface area contributed by atoms with E-state index in [-0.39, 0.29) is 11.2 Å². The van der Waals surface area contributed by atoms with Crippen molar-refractivity contribution in [2.24, 2.45) is 0 Å². The summed E-state index contributed by atoms with van der Waals surface area (Å²) in [5.41, 5.74) is 0.521. The Kier molecular flexibility index (Phi) is 4.32. The van der Waals surface area contributed by atoms with Gasteiger partial charge in [-0.25, -0.2) is 8.42 Å². The summed E-state index contributed by atoms with van der Waals surface area (Å²) in [7, 11) is -1.49. The minimum absolute atomic E-state index is 0.102. The van der Waals surface area contributed by atoms with Crippen LogP contribution in [-0.2, 0) is 9.84 Å². The highest BCUT2D eigenvalue weighted by Crippen LogP contribution is 2.23. The largest absolute Gasteiger partial charge is 0.496 e. The molecule has 0 N–H and O–H groups in total. The van der Waals surface area contributed by atoms with Gasteiger partial charge in [-0.05, 0) is 25.0 Å². The molecule has 1 fully saturated rings. The van der Waals surface area contributed by atoms with Crippen LogP contribution >= 0.6 is 0 Å². The fourth-order valence-electron chi connectivity index (χ4n) is 2.48. The molecule has 0 spiro atoms. The zero-order valence-corrected chi connectivity index (χ0v) is 12.5. The highest BCUT2D eigenvalue weighted by atomic mass is 32.2. The molecular formula is C14H19NO4S. The van der Waals surface area contributed by atoms with Crippen LogP contribution in [0.4, 0.5) is 0 Å². The summed E-state index contributed by atoms with van der Waals surface area (Å²) in [5.74, 6) is 0.442. The van der Waals surface area contributed by atoms with Crippen LogP contribution in [0.15, 0.2) is 24.3 Å². The summed E-state index contributed by atoms with van der Waals surface area (Å²) < 4.78 is 28.2. The third-order valence-electron chi connectivity index (χ3n) is 3.67. The standard InChI is InChI=1S/C14H19NO4S/c1-19-13-6-4-3-5-12(13)14(16)15-9-7-11(8-10-15)20(2,17)18/h3-6,11H,7-10H2,1-2H3. The monoisotopic (exact) mass is 297 g/mol. The van der Waals surface area contributed by atoms with E-state index in [4.69, 9.17) is 4.74 Å². The molecule has 110 valence electrons. The zero-order chi connectivity index (χ0) is 14.8. The van der Waals surface area contributed by atoms with Gasteiger partial charge in [0.2, 0.25) is 0 Å². The number of likely N-dealkylation sites (tertiary alicyclic amines) is 1. The summed E-state index contributed by atoms with van der Waals surface area (Å²) >= 11 is 0. The third kappa shape index (κ3) is 3.12. The van der Waals surface area contributed by atoms with Gasteiger partial charge in [0.15, 0.2) is 0 Å². The molecule has 2 rings (SSSR count). The van der Waals surface area contributed by atoms with Crippen LogP contribution in [0.3, 0.4) is 0 Å². The second-order valence-electron chi connectivity index (χ2n) is 5.02. The van der Waals surface area contributed by atoms with E-state index in [2.05, 4.69) is 0 Å². The van der Waals surface area contributed by atoms with Crippen molar-refractivity contribution in [3.8, 4) is 5.75 Å². The summed E-state index contributed by atoms with van der Waals surface area (Å²) in [5, 5.41) is -0.329. The number of methoxy groups -OCH3 is 1. The van der Waals surface area contributed by atoms with Crippen molar-refractivity contribution in [3.05, 3.63) is 29.8 Å². The fraction of sp³-hybridized carbons (Fsp3) is 0.500. The molecule has 0 aliphatic carbocycles. The Morgan fingerprint density at radius 1 is 1.25 bits per heavy atom. The van der Waals surface area contributed by atoms with Crippen molar-refractivity contribution in [2.75, 3.05) is 26.5 Å². The van der Waals surface area contributed by atoms with Crippen molar-refractivity contribution in [1.29, 1.82) is 0 Å². The average Bonchev–Trinajstić information content (AvgIpc) is 2.45. The summed E-state index contributed by atoms with van der Waals surface area (Å²) in [6, 6.07) is 7.07. The van der Waals surface area contributed by atoms with Crippen LogP contribution in [0.25, 0.3) is 0 Å². The van der Waals surface area contributed by atoms with Gasteiger partial charge in [0, 0.05) is 19.3 Å². The van der Waals surface area contributed by atoms with E-state index in [1.807, 2.05) is 6.07 Å². The molecular weight excluding hydrogens is 278 g/mol. The lowest BCUT2D eigenvalue weighted by molar-refractivity contribution is 0.0722. The molecule has 5 nitrogen and oxygen atoms in total. The van der Waals surface area contributed by atoms with Crippen molar-refractivity contribution in [3.63, 3.8) is 0 Å². The topological polar surface area (TPSA) is 63.7 Å². The van der Waals surface area contributed by atoms with Gasteiger partial charge < -0.3 is 9.64 Å². The number of ether oxygens (including phenoxy) is 1. The van der Waals surface area contributed by atoms with Gasteiger partial charge in [-0.1, -0.05) is 12.1 Å². The molecule has 0 unspecified atom stereocenters. The SMILES string of the molecule is COc1ccccc1C(=O)N1CCC(S(C)(=O)=O)CC1. The minimum Gasteiger partial charge on any atom is -0.496 e. The van der Waals surface area contributed by atoms with Gasteiger partial charge in [0.1, 0.15) is 15.6 Å². The molecule has 1 aromatic rings. The Morgan fingerprint density at radius 3 is 2.40 bits per heavy atom. The molecule has 0 radical (unpaired) electrons. The first kappa shape index (κ1) is 14.8. The van der Waals surface area contributed by atoms with E-state index >= 15 is 0 Å². The minimum atomic E-state index is -3.02. The maximum Gasteiger partial charge on any atom is 0.257 e. The lowest BCUT2D eigenvalue weighted by atomic mass is 10.1. The summed E-state index contributed by atoms with van der Waals surface area (Å²) in [6.45, 7) is 0.934. The van der Waals surface area contributed by atoms with Gasteiger partial charge in [0.05, 0.1) is 17.9 Å². The highest BCUT2D eigenvalue weighted by molar-refractivity contribution is 7.91. The van der Waals surface area contributed by atoms with Crippen molar-refractivity contribution in [1.82, 2.24) is 4.90 Å². The van der Waals surface area contributed by atoms with Crippen LogP contribution in [0.5, 0.6) is 5.75 Å². The number of rotatable bonds is 3. The smallest absolute Gasteiger partial charge is 0.257 e. The molecule has 1 amide bonds. The first-order valence-corrected chi connectivity index (χ1v) is 8.50. The Balaban J connectivity index is 2.09. The number of benzene rings is 1. The molecule has 0 bridgehead atoms. The molecule has 1 aromatic carbocycles. The number of amides is 1. The average molecular weight is 297 g/mol. The van der Waals surface area contributed by atoms with E-state index in [0.29, 0.717) is 37.2 Å². The second kappa shape index (κ2) is 5.83. The quantitative estimate of drug-likeness (QED) is 0.844. The summed E-state index contributed by atoms with van der Waals surface area (Å²) in [4.78, 5) is 14.1. The maximum atomic E-state index is 12.4. The number of sulfone groups is 1. The van der Waals surface area contributed by atoms with Crippen LogP contribution in [0.1, 0.15) is 23.2 Å². The van der Waals surface area contributed by atoms with Gasteiger partial charge >= 0.3 is 0 Å². The second-order valence-corrected chi connectivity index (χ2v) is 7.35. The molecule has 6 heteroatoms. The van der Waals surface area contributed by atoms with Crippen LogP contribution in [-0.4, -0.2) is 50.9 Å². The van der Waals surface area contributed by atoms with E-state index in [1.54, 1.807) is 23.1 Å². The number of carbonyl (C=O) groups excluding carboxylic acids is 1. The number of piperidine rings is 1. The first-order chi connectivity index (χ1) is 9.43. The highest BCUT2D eigenvalue weighted by Gasteiger charge is 2.29.